The third-order valence-corrected chi connectivity index (χ3v) is 3.97. The maximum Gasteiger partial charge on any atom is 0.127 e. The molecule has 2 aromatic rings. The van der Waals surface area contributed by atoms with E-state index in [1.165, 1.54) is 11.1 Å². The topological polar surface area (TPSA) is 53.7 Å². The van der Waals surface area contributed by atoms with Crippen LogP contribution >= 0.6 is 0 Å². The average molecular weight is 329 g/mol. The van der Waals surface area contributed by atoms with E-state index in [1.54, 1.807) is 7.11 Å². The third kappa shape index (κ3) is 4.65. The summed E-state index contributed by atoms with van der Waals surface area (Å²) in [5.41, 5.74) is 9.29. The molecule has 0 fully saturated rings. The summed E-state index contributed by atoms with van der Waals surface area (Å²) in [6, 6.07) is 11.9. The van der Waals surface area contributed by atoms with Gasteiger partial charge in [-0.15, -0.1) is 0 Å². The maximum atomic E-state index is 5.80. The van der Waals surface area contributed by atoms with Crippen molar-refractivity contribution in [1.82, 2.24) is 0 Å². The highest BCUT2D eigenvalue weighted by molar-refractivity contribution is 5.40. The van der Waals surface area contributed by atoms with Crippen molar-refractivity contribution in [2.45, 2.75) is 33.2 Å². The van der Waals surface area contributed by atoms with Gasteiger partial charge in [0.1, 0.15) is 30.5 Å². The van der Waals surface area contributed by atoms with Gasteiger partial charge < -0.3 is 19.9 Å². The Balaban J connectivity index is 1.90. The number of benzene rings is 2. The summed E-state index contributed by atoms with van der Waals surface area (Å²) < 4.78 is 16.8. The summed E-state index contributed by atoms with van der Waals surface area (Å²) in [7, 11) is 1.63. The third-order valence-electron chi connectivity index (χ3n) is 3.97. The summed E-state index contributed by atoms with van der Waals surface area (Å²) in [6.45, 7) is 7.85. The number of hydrogen-bond acceptors (Lipinski definition) is 4. The van der Waals surface area contributed by atoms with Gasteiger partial charge in [-0.3, -0.25) is 0 Å². The van der Waals surface area contributed by atoms with Crippen molar-refractivity contribution in [3.05, 3.63) is 53.1 Å². The van der Waals surface area contributed by atoms with E-state index >= 15 is 0 Å². The van der Waals surface area contributed by atoms with Crippen LogP contribution in [-0.2, 0) is 6.54 Å². The van der Waals surface area contributed by atoms with Gasteiger partial charge in [0.15, 0.2) is 0 Å². The van der Waals surface area contributed by atoms with Crippen molar-refractivity contribution < 1.29 is 14.2 Å². The molecule has 130 valence electrons. The van der Waals surface area contributed by atoms with Crippen LogP contribution in [-0.4, -0.2) is 20.3 Å². The van der Waals surface area contributed by atoms with Crippen molar-refractivity contribution in [3.63, 3.8) is 0 Å². The number of methoxy groups -OCH3 is 1. The van der Waals surface area contributed by atoms with E-state index in [4.69, 9.17) is 19.9 Å². The molecule has 0 saturated heterocycles. The molecule has 0 saturated carbocycles. The van der Waals surface area contributed by atoms with Crippen LogP contribution in [0.25, 0.3) is 0 Å². The molecule has 0 atom stereocenters. The number of hydrogen-bond donors (Lipinski definition) is 1. The predicted molar refractivity (Wildman–Crippen MR) is 97.1 cm³/mol. The lowest BCUT2D eigenvalue weighted by Crippen LogP contribution is -2.11. The van der Waals surface area contributed by atoms with Crippen LogP contribution in [0.15, 0.2) is 36.4 Å². The molecule has 2 N–H and O–H groups in total. The summed E-state index contributed by atoms with van der Waals surface area (Å²) in [4.78, 5) is 0. The van der Waals surface area contributed by atoms with E-state index in [0.29, 0.717) is 25.7 Å². The van der Waals surface area contributed by atoms with Gasteiger partial charge in [-0.05, 0) is 42.2 Å². The van der Waals surface area contributed by atoms with Crippen molar-refractivity contribution >= 4 is 0 Å². The van der Waals surface area contributed by atoms with Gasteiger partial charge in [-0.2, -0.15) is 0 Å². The second kappa shape index (κ2) is 8.60. The zero-order chi connectivity index (χ0) is 17.5. The normalized spacial score (nSPS) is 10.8. The molecule has 0 aromatic heterocycles. The van der Waals surface area contributed by atoms with Crippen LogP contribution < -0.4 is 19.9 Å². The van der Waals surface area contributed by atoms with E-state index < -0.39 is 0 Å². The van der Waals surface area contributed by atoms with Crippen LogP contribution in [0.3, 0.4) is 0 Å². The predicted octanol–water partition coefficient (Wildman–Crippen LogP) is 4.04. The molecular weight excluding hydrogens is 302 g/mol. The Hall–Kier alpha value is -2.20. The number of rotatable bonds is 8. The Labute approximate surface area is 144 Å². The first kappa shape index (κ1) is 18.1. The Kier molecular flexibility index (Phi) is 6.50. The molecule has 4 nitrogen and oxygen atoms in total. The fraction of sp³-hybridized carbons (Fsp3) is 0.400. The lowest BCUT2D eigenvalue weighted by molar-refractivity contribution is 0.215. The first-order chi connectivity index (χ1) is 11.5. The largest absolute Gasteiger partial charge is 0.497 e. The highest BCUT2D eigenvalue weighted by atomic mass is 16.5. The minimum absolute atomic E-state index is 0.427. The van der Waals surface area contributed by atoms with Gasteiger partial charge in [0.2, 0.25) is 0 Å². The Morgan fingerprint density at radius 2 is 1.67 bits per heavy atom. The molecule has 0 spiro atoms. The van der Waals surface area contributed by atoms with Crippen molar-refractivity contribution in [3.8, 4) is 17.2 Å². The van der Waals surface area contributed by atoms with E-state index in [-0.39, 0.29) is 0 Å². The monoisotopic (exact) mass is 329 g/mol. The van der Waals surface area contributed by atoms with Crippen LogP contribution in [0.2, 0.25) is 0 Å². The molecule has 2 rings (SSSR count). The van der Waals surface area contributed by atoms with Gasteiger partial charge >= 0.3 is 0 Å². The van der Waals surface area contributed by atoms with E-state index in [0.717, 1.165) is 22.8 Å². The summed E-state index contributed by atoms with van der Waals surface area (Å²) >= 11 is 0. The van der Waals surface area contributed by atoms with Crippen LogP contribution in [0.5, 0.6) is 17.2 Å². The molecule has 4 heteroatoms. The minimum atomic E-state index is 0.427. The molecular formula is C20H27NO3. The molecule has 0 amide bonds. The van der Waals surface area contributed by atoms with Crippen molar-refractivity contribution in [2.75, 3.05) is 20.3 Å². The first-order valence-corrected chi connectivity index (χ1v) is 8.28. The summed E-state index contributed by atoms with van der Waals surface area (Å²) in [5, 5.41) is 0. The molecule has 0 heterocycles. The Morgan fingerprint density at radius 3 is 2.29 bits per heavy atom. The van der Waals surface area contributed by atoms with Crippen LogP contribution in [0.4, 0.5) is 0 Å². The second-order valence-corrected chi connectivity index (χ2v) is 6.05. The van der Waals surface area contributed by atoms with E-state index in [9.17, 15) is 0 Å². The van der Waals surface area contributed by atoms with Gasteiger partial charge in [-0.1, -0.05) is 26.0 Å². The zero-order valence-electron chi connectivity index (χ0n) is 15.0. The fourth-order valence-electron chi connectivity index (χ4n) is 2.66. The molecule has 0 bridgehead atoms. The summed E-state index contributed by atoms with van der Waals surface area (Å²) in [5.74, 6) is 2.88. The Morgan fingerprint density at radius 1 is 0.958 bits per heavy atom. The lowest BCUT2D eigenvalue weighted by atomic mass is 9.98. The Bertz CT molecular complexity index is 668. The van der Waals surface area contributed by atoms with Gasteiger partial charge in [0, 0.05) is 18.2 Å². The first-order valence-electron chi connectivity index (χ1n) is 8.28. The van der Waals surface area contributed by atoms with Crippen molar-refractivity contribution in [1.29, 1.82) is 0 Å². The lowest BCUT2D eigenvalue weighted by Gasteiger charge is -2.14. The standard InChI is InChI=1S/C20H27NO3/c1-14(2)19-8-7-18(11-15(19)3)23-9-10-24-20-12-17(22-4)6-5-16(20)13-21/h5-8,11-12,14H,9-10,13,21H2,1-4H3. The smallest absolute Gasteiger partial charge is 0.127 e. The fourth-order valence-corrected chi connectivity index (χ4v) is 2.66. The average Bonchev–Trinajstić information content (AvgIpc) is 2.58. The second-order valence-electron chi connectivity index (χ2n) is 6.05. The maximum absolute atomic E-state index is 5.80. The highest BCUT2D eigenvalue weighted by Gasteiger charge is 2.06. The SMILES string of the molecule is COc1ccc(CN)c(OCCOc2ccc(C(C)C)c(C)c2)c1. The number of nitrogens with two attached hydrogens (primary N) is 1. The zero-order valence-corrected chi connectivity index (χ0v) is 15.0. The molecule has 24 heavy (non-hydrogen) atoms. The van der Waals surface area contributed by atoms with Crippen molar-refractivity contribution in [2.24, 2.45) is 5.73 Å². The van der Waals surface area contributed by atoms with E-state index in [1.807, 2.05) is 24.3 Å². The van der Waals surface area contributed by atoms with Crippen LogP contribution in [0.1, 0.15) is 36.5 Å². The molecule has 2 aromatic carbocycles. The van der Waals surface area contributed by atoms with Gasteiger partial charge in [0.25, 0.3) is 0 Å². The molecule has 0 aliphatic carbocycles. The van der Waals surface area contributed by atoms with E-state index in [2.05, 4.69) is 32.9 Å². The molecule has 0 aliphatic rings. The van der Waals surface area contributed by atoms with Gasteiger partial charge in [0.05, 0.1) is 7.11 Å². The minimum Gasteiger partial charge on any atom is -0.497 e. The summed E-state index contributed by atoms with van der Waals surface area (Å²) in [6.07, 6.45) is 0. The highest BCUT2D eigenvalue weighted by Crippen LogP contribution is 2.25. The van der Waals surface area contributed by atoms with Gasteiger partial charge in [-0.25, -0.2) is 0 Å². The molecule has 0 aliphatic heterocycles. The molecule has 0 unspecified atom stereocenters. The number of aryl methyl sites for hydroxylation is 1. The quantitative estimate of drug-likeness (QED) is 0.743. The van der Waals surface area contributed by atoms with Crippen LogP contribution in [0, 0.1) is 6.92 Å². The molecule has 0 radical (unpaired) electrons. The number of ether oxygens (including phenoxy) is 3.